The number of hydrogen-bond acceptors (Lipinski definition) is 4. The average Bonchev–Trinajstić information content (AvgIpc) is 3.24. The highest BCUT2D eigenvalue weighted by Crippen LogP contribution is 2.31. The van der Waals surface area contributed by atoms with E-state index in [1.54, 1.807) is 17.9 Å². The van der Waals surface area contributed by atoms with Gasteiger partial charge in [0.05, 0.1) is 30.0 Å². The van der Waals surface area contributed by atoms with Crippen molar-refractivity contribution in [3.05, 3.63) is 77.5 Å². The molecule has 1 atom stereocenters. The molecule has 0 spiro atoms. The highest BCUT2D eigenvalue weighted by Gasteiger charge is 2.28. The zero-order valence-electron chi connectivity index (χ0n) is 15.3. The largest absolute Gasteiger partial charge is 0.497 e. The van der Waals surface area contributed by atoms with Crippen molar-refractivity contribution in [2.24, 2.45) is 0 Å². The van der Waals surface area contributed by atoms with Crippen LogP contribution in [0, 0.1) is 0 Å². The third kappa shape index (κ3) is 3.75. The first-order valence-corrected chi connectivity index (χ1v) is 10.3. The zero-order valence-corrected chi connectivity index (χ0v) is 16.1. The van der Waals surface area contributed by atoms with Crippen LogP contribution in [0.4, 0.5) is 5.82 Å². The summed E-state index contributed by atoms with van der Waals surface area (Å²) in [6.45, 7) is 0. The van der Waals surface area contributed by atoms with Crippen LogP contribution in [0.2, 0.25) is 0 Å². The first-order chi connectivity index (χ1) is 13.6. The van der Waals surface area contributed by atoms with Crippen molar-refractivity contribution < 1.29 is 13.7 Å². The second kappa shape index (κ2) is 7.82. The number of methoxy groups -OCH3 is 1. The van der Waals surface area contributed by atoms with Crippen molar-refractivity contribution in [2.75, 3.05) is 12.4 Å². The molecule has 7 heteroatoms. The second-order valence-corrected chi connectivity index (χ2v) is 7.80. The molecule has 6 nitrogen and oxygen atoms in total. The Morgan fingerprint density at radius 1 is 1.14 bits per heavy atom. The number of carbonyl (C=O) groups excluding carboxylic acids is 1. The lowest BCUT2D eigenvalue weighted by Crippen LogP contribution is -2.14. The van der Waals surface area contributed by atoms with Gasteiger partial charge >= 0.3 is 0 Å². The van der Waals surface area contributed by atoms with Crippen molar-refractivity contribution in [3.63, 3.8) is 0 Å². The Morgan fingerprint density at radius 2 is 1.89 bits per heavy atom. The Labute approximate surface area is 165 Å². The normalized spacial score (nSPS) is 15.5. The van der Waals surface area contributed by atoms with Gasteiger partial charge in [0, 0.05) is 22.4 Å². The van der Waals surface area contributed by atoms with Crippen LogP contribution in [-0.2, 0) is 27.1 Å². The Balaban J connectivity index is 1.64. The lowest BCUT2D eigenvalue weighted by atomic mass is 10.2. The molecule has 1 unspecified atom stereocenters. The first kappa shape index (κ1) is 18.2. The Bertz CT molecular complexity index is 1060. The highest BCUT2D eigenvalue weighted by molar-refractivity contribution is 7.83. The van der Waals surface area contributed by atoms with Crippen molar-refractivity contribution in [2.45, 2.75) is 11.5 Å². The maximum atomic E-state index is 12.5. The van der Waals surface area contributed by atoms with Crippen LogP contribution in [0.25, 0.3) is 11.8 Å². The summed E-state index contributed by atoms with van der Waals surface area (Å²) in [6.07, 6.45) is 3.24. The molecule has 1 aliphatic heterocycles. The minimum Gasteiger partial charge on any atom is -0.497 e. The van der Waals surface area contributed by atoms with E-state index >= 15 is 0 Å². The number of nitrogens with one attached hydrogen (secondary N) is 1. The number of anilines is 1. The van der Waals surface area contributed by atoms with Crippen molar-refractivity contribution in [1.29, 1.82) is 0 Å². The Kier molecular flexibility index (Phi) is 5.08. The molecule has 1 aliphatic rings. The molecule has 1 aromatic heterocycles. The van der Waals surface area contributed by atoms with Gasteiger partial charge in [-0.2, -0.15) is 5.10 Å². The van der Waals surface area contributed by atoms with Gasteiger partial charge in [-0.15, -0.1) is 0 Å². The number of carbonyl (C=O) groups is 1. The fourth-order valence-corrected chi connectivity index (χ4v) is 4.33. The summed E-state index contributed by atoms with van der Waals surface area (Å²) < 4.78 is 18.8. The van der Waals surface area contributed by atoms with Crippen molar-refractivity contribution in [1.82, 2.24) is 9.78 Å². The van der Waals surface area contributed by atoms with Crippen LogP contribution in [0.5, 0.6) is 5.75 Å². The Morgan fingerprint density at radius 3 is 2.61 bits per heavy atom. The molecule has 0 saturated heterocycles. The molecule has 0 fully saturated rings. The minimum atomic E-state index is -0.982. The van der Waals surface area contributed by atoms with Gasteiger partial charge < -0.3 is 10.1 Å². The molecule has 142 valence electrons. The number of amides is 1. The monoisotopic (exact) mass is 393 g/mol. The van der Waals surface area contributed by atoms with E-state index < -0.39 is 10.8 Å². The molecule has 4 rings (SSSR count). The van der Waals surface area contributed by atoms with Crippen molar-refractivity contribution >= 4 is 28.6 Å². The Hall–Kier alpha value is -3.19. The van der Waals surface area contributed by atoms with Crippen LogP contribution >= 0.6 is 0 Å². The molecule has 2 aromatic carbocycles. The van der Waals surface area contributed by atoms with E-state index in [9.17, 15) is 9.00 Å². The van der Waals surface area contributed by atoms with Crippen LogP contribution in [-0.4, -0.2) is 27.0 Å². The molecule has 1 amide bonds. The van der Waals surface area contributed by atoms with E-state index in [0.29, 0.717) is 17.3 Å². The highest BCUT2D eigenvalue weighted by atomic mass is 32.2. The molecule has 0 aliphatic carbocycles. The molecule has 0 saturated carbocycles. The lowest BCUT2D eigenvalue weighted by molar-refractivity contribution is -0.111. The molecule has 28 heavy (non-hydrogen) atoms. The summed E-state index contributed by atoms with van der Waals surface area (Å²) in [7, 11) is 0.627. The summed E-state index contributed by atoms with van der Waals surface area (Å²) in [5.74, 6) is 1.83. The molecule has 0 bridgehead atoms. The van der Waals surface area contributed by atoms with Crippen LogP contribution in [0.15, 0.2) is 60.7 Å². The first-order valence-electron chi connectivity index (χ1n) is 8.78. The molecular formula is C21H19N3O3S. The van der Waals surface area contributed by atoms with Crippen molar-refractivity contribution in [3.8, 4) is 11.4 Å². The third-order valence-corrected chi connectivity index (χ3v) is 5.66. The van der Waals surface area contributed by atoms with Gasteiger partial charge in [-0.25, -0.2) is 4.68 Å². The zero-order chi connectivity index (χ0) is 19.5. The summed E-state index contributed by atoms with van der Waals surface area (Å²) >= 11 is 0. The quantitative estimate of drug-likeness (QED) is 0.675. The van der Waals surface area contributed by atoms with Gasteiger partial charge in [-0.1, -0.05) is 30.3 Å². The number of rotatable bonds is 5. The number of aromatic nitrogens is 2. The van der Waals surface area contributed by atoms with Crippen LogP contribution in [0.1, 0.15) is 16.8 Å². The summed E-state index contributed by atoms with van der Waals surface area (Å²) in [4.78, 5) is 12.5. The van der Waals surface area contributed by atoms with Crippen LogP contribution < -0.4 is 10.1 Å². The van der Waals surface area contributed by atoms with Crippen LogP contribution in [0.3, 0.4) is 0 Å². The number of benzene rings is 2. The number of hydrogen-bond donors (Lipinski definition) is 1. The van der Waals surface area contributed by atoms with Gasteiger partial charge in [-0.3, -0.25) is 9.00 Å². The predicted octanol–water partition coefficient (Wildman–Crippen LogP) is 3.30. The van der Waals surface area contributed by atoms with E-state index in [1.807, 2.05) is 54.6 Å². The van der Waals surface area contributed by atoms with E-state index in [-0.39, 0.29) is 5.91 Å². The fraction of sp³-hybridized carbons (Fsp3) is 0.143. The van der Waals surface area contributed by atoms with Gasteiger partial charge in [0.15, 0.2) is 0 Å². The summed E-state index contributed by atoms with van der Waals surface area (Å²) in [6, 6.07) is 17.0. The fourth-order valence-electron chi connectivity index (χ4n) is 3.06. The topological polar surface area (TPSA) is 73.2 Å². The minimum absolute atomic E-state index is 0.265. The molecule has 2 heterocycles. The maximum Gasteiger partial charge on any atom is 0.249 e. The SMILES string of the molecule is COc1ccc(-n2nc3c(c2NC(=O)C=Cc2ccccc2)CS(=O)C3)cc1. The average molecular weight is 393 g/mol. The standard InChI is InChI=1S/C21H19N3O3S/c1-27-17-10-8-16(9-11-17)24-21(18-13-28(26)14-19(18)23-24)22-20(25)12-7-15-5-3-2-4-6-15/h2-12H,13-14H2,1H3,(H,22,25). The summed E-state index contributed by atoms with van der Waals surface area (Å²) in [5.41, 5.74) is 3.32. The molecule has 1 N–H and O–H groups in total. The van der Waals surface area contributed by atoms with E-state index in [2.05, 4.69) is 10.4 Å². The predicted molar refractivity (Wildman–Crippen MR) is 110 cm³/mol. The number of ether oxygens (including phenoxy) is 1. The number of fused-ring (bicyclic) bond motifs is 1. The second-order valence-electron chi connectivity index (χ2n) is 6.35. The van der Waals surface area contributed by atoms with E-state index in [4.69, 9.17) is 4.74 Å². The maximum absolute atomic E-state index is 12.5. The third-order valence-electron chi connectivity index (χ3n) is 4.46. The lowest BCUT2D eigenvalue weighted by Gasteiger charge is -2.10. The van der Waals surface area contributed by atoms with E-state index in [1.165, 1.54) is 6.08 Å². The molecule has 0 radical (unpaired) electrons. The molecule has 3 aromatic rings. The van der Waals surface area contributed by atoms with Gasteiger partial charge in [0.2, 0.25) is 5.91 Å². The smallest absolute Gasteiger partial charge is 0.249 e. The van der Waals surface area contributed by atoms with Gasteiger partial charge in [0.25, 0.3) is 0 Å². The van der Waals surface area contributed by atoms with E-state index in [0.717, 1.165) is 28.3 Å². The summed E-state index contributed by atoms with van der Waals surface area (Å²) in [5, 5.41) is 7.50. The molecular weight excluding hydrogens is 374 g/mol. The van der Waals surface area contributed by atoms with Gasteiger partial charge in [-0.05, 0) is 35.9 Å². The van der Waals surface area contributed by atoms with Gasteiger partial charge in [0.1, 0.15) is 11.6 Å². The number of nitrogens with zero attached hydrogens (tertiary/aromatic N) is 2.